The van der Waals surface area contributed by atoms with Crippen molar-refractivity contribution in [2.75, 3.05) is 0 Å². The molecule has 0 radical (unpaired) electrons. The highest BCUT2D eigenvalue weighted by molar-refractivity contribution is 6.66. The van der Waals surface area contributed by atoms with Gasteiger partial charge in [-0.1, -0.05) is 59.9 Å². The molecule has 0 aromatic heterocycles. The molecule has 1 aromatic carbocycles. The Morgan fingerprint density at radius 3 is 2.47 bits per heavy atom. The number of benzene rings is 1. The number of carbonyl (C=O) groups is 1. The van der Waals surface area contributed by atoms with E-state index in [-0.39, 0.29) is 18.1 Å². The monoisotopic (exact) mass is 266 g/mol. The van der Waals surface area contributed by atoms with E-state index in [1.165, 1.54) is 0 Å². The van der Waals surface area contributed by atoms with Gasteiger partial charge in [0.05, 0.1) is 0 Å². The molecular weight excluding hydrogens is 258 g/mol. The first kappa shape index (κ1) is 12.6. The number of esters is 1. The van der Waals surface area contributed by atoms with Gasteiger partial charge in [0.2, 0.25) is 3.79 Å². The minimum atomic E-state index is -1.59. The first-order valence-corrected chi connectivity index (χ1v) is 5.45. The Bertz CT molecular complexity index is 358. The predicted molar refractivity (Wildman–Crippen MR) is 61.6 cm³/mol. The second-order valence-electron chi connectivity index (χ2n) is 2.82. The van der Waals surface area contributed by atoms with Gasteiger partial charge in [0, 0.05) is 12.0 Å². The maximum absolute atomic E-state index is 11.1. The summed E-state index contributed by atoms with van der Waals surface area (Å²) < 4.78 is 3.44. The smallest absolute Gasteiger partial charge is 0.310 e. The number of rotatable bonds is 2. The first-order chi connectivity index (χ1) is 6.95. The van der Waals surface area contributed by atoms with E-state index < -0.39 is 3.79 Å². The highest BCUT2D eigenvalue weighted by Gasteiger charge is 2.27. The Labute approximate surface area is 103 Å². The summed E-state index contributed by atoms with van der Waals surface area (Å²) in [5.74, 6) is -0.0824. The van der Waals surface area contributed by atoms with Crippen molar-refractivity contribution >= 4 is 40.8 Å². The predicted octanol–water partition coefficient (Wildman–Crippen LogP) is 3.83. The Kier molecular flexibility index (Phi) is 4.26. The van der Waals surface area contributed by atoms with Crippen LogP contribution >= 0.6 is 34.8 Å². The molecule has 2 nitrogen and oxygen atoms in total. The van der Waals surface area contributed by atoms with Crippen LogP contribution in [0.25, 0.3) is 0 Å². The highest BCUT2D eigenvalue weighted by atomic mass is 35.6. The van der Waals surface area contributed by atoms with Crippen LogP contribution in [0.15, 0.2) is 24.3 Å². The second kappa shape index (κ2) is 5.06. The zero-order chi connectivity index (χ0) is 11.5. The minimum Gasteiger partial charge on any atom is -0.426 e. The molecule has 0 amide bonds. The molecule has 15 heavy (non-hydrogen) atoms. The summed E-state index contributed by atoms with van der Waals surface area (Å²) in [6.07, 6.45) is 0.272. The zero-order valence-corrected chi connectivity index (χ0v) is 10.2. The van der Waals surface area contributed by atoms with Crippen molar-refractivity contribution in [1.29, 1.82) is 0 Å². The number of carbonyl (C=O) groups excluding carboxylic acids is 1. The standard InChI is InChI=1S/C10H9Cl3O2/c1-2-9(14)15-8-6-4-3-5-7(8)10(11,12)13/h3-6H,2H2,1H3. The number of halogens is 3. The van der Waals surface area contributed by atoms with E-state index in [4.69, 9.17) is 39.5 Å². The van der Waals surface area contributed by atoms with E-state index in [1.54, 1.807) is 31.2 Å². The number of hydrogen-bond donors (Lipinski definition) is 0. The molecule has 5 heteroatoms. The van der Waals surface area contributed by atoms with Gasteiger partial charge < -0.3 is 4.74 Å². The van der Waals surface area contributed by atoms with Gasteiger partial charge in [0.25, 0.3) is 0 Å². The largest absolute Gasteiger partial charge is 0.426 e. The van der Waals surface area contributed by atoms with E-state index in [9.17, 15) is 4.79 Å². The van der Waals surface area contributed by atoms with Crippen LogP contribution in [0, 0.1) is 0 Å². The summed E-state index contributed by atoms with van der Waals surface area (Å²) in [6.45, 7) is 1.69. The van der Waals surface area contributed by atoms with Crippen LogP contribution in [0.3, 0.4) is 0 Å². The lowest BCUT2D eigenvalue weighted by atomic mass is 10.2. The molecule has 0 aliphatic heterocycles. The van der Waals surface area contributed by atoms with Crippen molar-refractivity contribution in [2.45, 2.75) is 17.1 Å². The van der Waals surface area contributed by atoms with Gasteiger partial charge in [-0.3, -0.25) is 4.79 Å². The molecule has 0 unspecified atom stereocenters. The van der Waals surface area contributed by atoms with Crippen LogP contribution in [0.2, 0.25) is 0 Å². The third kappa shape index (κ3) is 3.56. The molecule has 1 aromatic rings. The number of alkyl halides is 3. The van der Waals surface area contributed by atoms with E-state index in [1.807, 2.05) is 0 Å². The van der Waals surface area contributed by atoms with Crippen LogP contribution < -0.4 is 4.74 Å². The van der Waals surface area contributed by atoms with Gasteiger partial charge in [-0.15, -0.1) is 0 Å². The molecule has 0 aliphatic rings. The fraction of sp³-hybridized carbons (Fsp3) is 0.300. The van der Waals surface area contributed by atoms with Crippen LogP contribution in [0.5, 0.6) is 5.75 Å². The summed E-state index contributed by atoms with van der Waals surface area (Å²) in [7, 11) is 0. The van der Waals surface area contributed by atoms with Gasteiger partial charge >= 0.3 is 5.97 Å². The average molecular weight is 268 g/mol. The summed E-state index contributed by atoms with van der Waals surface area (Å²) in [5, 5.41) is 0. The van der Waals surface area contributed by atoms with Crippen molar-refractivity contribution in [3.63, 3.8) is 0 Å². The number of ether oxygens (including phenoxy) is 1. The summed E-state index contributed by atoms with van der Waals surface area (Å²) >= 11 is 17.2. The van der Waals surface area contributed by atoms with E-state index in [2.05, 4.69) is 0 Å². The molecule has 0 spiro atoms. The van der Waals surface area contributed by atoms with Crippen molar-refractivity contribution in [3.8, 4) is 5.75 Å². The van der Waals surface area contributed by atoms with E-state index in [0.29, 0.717) is 5.56 Å². The Hall–Kier alpha value is -0.440. The summed E-state index contributed by atoms with van der Waals surface area (Å²) in [4.78, 5) is 11.1. The van der Waals surface area contributed by atoms with Gasteiger partial charge in [-0.2, -0.15) is 0 Å². The van der Waals surface area contributed by atoms with Crippen LogP contribution in [0.4, 0.5) is 0 Å². The quantitative estimate of drug-likeness (QED) is 0.462. The maximum atomic E-state index is 11.1. The van der Waals surface area contributed by atoms with Gasteiger partial charge in [0.15, 0.2) is 0 Å². The molecule has 0 heterocycles. The zero-order valence-electron chi connectivity index (χ0n) is 7.97. The van der Waals surface area contributed by atoms with Crippen molar-refractivity contribution in [1.82, 2.24) is 0 Å². The fourth-order valence-electron chi connectivity index (χ4n) is 0.985. The van der Waals surface area contributed by atoms with Gasteiger partial charge in [0.1, 0.15) is 5.75 Å². The van der Waals surface area contributed by atoms with Crippen molar-refractivity contribution in [3.05, 3.63) is 29.8 Å². The molecule has 0 N–H and O–H groups in total. The van der Waals surface area contributed by atoms with E-state index in [0.717, 1.165) is 0 Å². The topological polar surface area (TPSA) is 26.3 Å². The normalized spacial score (nSPS) is 11.2. The lowest BCUT2D eigenvalue weighted by molar-refractivity contribution is -0.134. The van der Waals surface area contributed by atoms with Crippen LogP contribution in [0.1, 0.15) is 18.9 Å². The maximum Gasteiger partial charge on any atom is 0.310 e. The van der Waals surface area contributed by atoms with Gasteiger partial charge in [-0.25, -0.2) is 0 Å². The fourth-order valence-corrected chi connectivity index (χ4v) is 1.45. The second-order valence-corrected chi connectivity index (χ2v) is 5.10. The molecule has 0 atom stereocenters. The number of para-hydroxylation sites is 1. The SMILES string of the molecule is CCC(=O)Oc1ccccc1C(Cl)(Cl)Cl. The summed E-state index contributed by atoms with van der Waals surface area (Å²) in [5.41, 5.74) is 0.358. The van der Waals surface area contributed by atoms with E-state index >= 15 is 0 Å². The highest BCUT2D eigenvalue weighted by Crippen LogP contribution is 2.42. The Morgan fingerprint density at radius 2 is 1.93 bits per heavy atom. The molecule has 82 valence electrons. The number of hydrogen-bond acceptors (Lipinski definition) is 2. The minimum absolute atomic E-state index is 0.272. The molecule has 1 rings (SSSR count). The van der Waals surface area contributed by atoms with Crippen LogP contribution in [-0.2, 0) is 8.59 Å². The molecular formula is C10H9Cl3O2. The lowest BCUT2D eigenvalue weighted by Crippen LogP contribution is -2.10. The summed E-state index contributed by atoms with van der Waals surface area (Å²) in [6, 6.07) is 6.61. The molecule has 0 saturated carbocycles. The molecule has 0 saturated heterocycles. The van der Waals surface area contributed by atoms with Gasteiger partial charge in [-0.05, 0) is 6.07 Å². The lowest BCUT2D eigenvalue weighted by Gasteiger charge is -2.15. The first-order valence-electron chi connectivity index (χ1n) is 4.32. The third-order valence-electron chi connectivity index (χ3n) is 1.70. The van der Waals surface area contributed by atoms with Crippen molar-refractivity contribution < 1.29 is 9.53 Å². The third-order valence-corrected chi connectivity index (χ3v) is 2.32. The Balaban J connectivity index is 3.02. The Morgan fingerprint density at radius 1 is 1.33 bits per heavy atom. The molecule has 0 aliphatic carbocycles. The average Bonchev–Trinajstić information content (AvgIpc) is 2.17. The van der Waals surface area contributed by atoms with Crippen LogP contribution in [-0.4, -0.2) is 5.97 Å². The molecule has 0 fully saturated rings. The molecule has 0 bridgehead atoms. The van der Waals surface area contributed by atoms with Crippen molar-refractivity contribution in [2.24, 2.45) is 0 Å².